The van der Waals surface area contributed by atoms with Gasteiger partial charge in [-0.25, -0.2) is 0 Å². The number of piperidine rings is 1. The molecule has 7 heteroatoms. The molecule has 1 aliphatic rings. The maximum Gasteiger partial charge on any atom is 0.245 e. The molecular weight excluding hydrogens is 270 g/mol. The maximum absolute atomic E-state index is 9.87. The summed E-state index contributed by atoms with van der Waals surface area (Å²) in [6, 6.07) is 4.39. The summed E-state index contributed by atoms with van der Waals surface area (Å²) in [5.41, 5.74) is 6.25. The molecule has 2 heterocycles. The second-order valence-corrected chi connectivity index (χ2v) is 5.38. The predicted octanol–water partition coefficient (Wildman–Crippen LogP) is 1.06. The fourth-order valence-electron chi connectivity index (χ4n) is 2.67. The normalized spacial score (nSPS) is 18.9. The van der Waals surface area contributed by atoms with Gasteiger partial charge in [-0.05, 0) is 37.4 Å². The molecular formula is C14H19N5O2. The SMILES string of the molecule is NCC1CCCN(c2n[nH]c(-c3ccc(O)cc3O)n2)C1. The Balaban J connectivity index is 1.83. The van der Waals surface area contributed by atoms with Crippen LogP contribution in [0.1, 0.15) is 12.8 Å². The Bertz CT molecular complexity index is 628. The molecule has 0 amide bonds. The van der Waals surface area contributed by atoms with E-state index in [1.165, 1.54) is 12.1 Å². The number of benzene rings is 1. The van der Waals surface area contributed by atoms with E-state index in [0.29, 0.717) is 29.8 Å². The molecule has 2 aromatic rings. The minimum Gasteiger partial charge on any atom is -0.508 e. The lowest BCUT2D eigenvalue weighted by atomic mass is 9.99. The van der Waals surface area contributed by atoms with Crippen molar-refractivity contribution < 1.29 is 10.2 Å². The van der Waals surface area contributed by atoms with E-state index in [0.717, 1.165) is 25.9 Å². The van der Waals surface area contributed by atoms with Gasteiger partial charge in [0.05, 0.1) is 5.56 Å². The molecule has 1 aromatic carbocycles. The van der Waals surface area contributed by atoms with Crippen molar-refractivity contribution in [1.29, 1.82) is 0 Å². The Morgan fingerprint density at radius 2 is 2.24 bits per heavy atom. The average Bonchev–Trinajstić information content (AvgIpc) is 2.97. The number of phenols is 2. The molecule has 1 fully saturated rings. The Hall–Kier alpha value is -2.28. The average molecular weight is 289 g/mol. The second kappa shape index (κ2) is 5.61. The minimum absolute atomic E-state index is 0.0119. The van der Waals surface area contributed by atoms with Crippen LogP contribution in [0.4, 0.5) is 5.95 Å². The fraction of sp³-hybridized carbons (Fsp3) is 0.429. The van der Waals surface area contributed by atoms with E-state index in [1.807, 2.05) is 0 Å². The van der Waals surface area contributed by atoms with E-state index in [-0.39, 0.29) is 11.5 Å². The van der Waals surface area contributed by atoms with Crippen LogP contribution >= 0.6 is 0 Å². The third-order valence-electron chi connectivity index (χ3n) is 3.85. The van der Waals surface area contributed by atoms with E-state index < -0.39 is 0 Å². The zero-order valence-electron chi connectivity index (χ0n) is 11.7. The summed E-state index contributed by atoms with van der Waals surface area (Å²) in [6.45, 7) is 2.44. The second-order valence-electron chi connectivity index (χ2n) is 5.38. The standard InChI is InChI=1S/C14H19N5O2/c15-7-9-2-1-5-19(8-9)14-16-13(17-18-14)11-4-3-10(20)6-12(11)21/h3-4,6,9,20-21H,1-2,5,7-8,15H2,(H,16,17,18). The highest BCUT2D eigenvalue weighted by molar-refractivity contribution is 5.65. The highest BCUT2D eigenvalue weighted by Crippen LogP contribution is 2.31. The lowest BCUT2D eigenvalue weighted by Crippen LogP contribution is -2.38. The smallest absolute Gasteiger partial charge is 0.245 e. The summed E-state index contributed by atoms with van der Waals surface area (Å²) < 4.78 is 0. The zero-order valence-corrected chi connectivity index (χ0v) is 11.7. The summed E-state index contributed by atoms with van der Waals surface area (Å²) in [5.74, 6) is 1.56. The van der Waals surface area contributed by atoms with Crippen LogP contribution in [-0.4, -0.2) is 45.0 Å². The molecule has 21 heavy (non-hydrogen) atoms. The van der Waals surface area contributed by atoms with Gasteiger partial charge >= 0.3 is 0 Å². The van der Waals surface area contributed by atoms with Crippen LogP contribution in [0.5, 0.6) is 11.5 Å². The molecule has 1 aliphatic heterocycles. The van der Waals surface area contributed by atoms with Gasteiger partial charge in [-0.15, -0.1) is 5.10 Å². The monoisotopic (exact) mass is 289 g/mol. The number of nitrogens with one attached hydrogen (secondary N) is 1. The highest BCUT2D eigenvalue weighted by Gasteiger charge is 2.22. The first-order valence-electron chi connectivity index (χ1n) is 7.07. The van der Waals surface area contributed by atoms with Crippen molar-refractivity contribution in [2.45, 2.75) is 12.8 Å². The number of aromatic nitrogens is 3. The van der Waals surface area contributed by atoms with Gasteiger partial charge in [-0.2, -0.15) is 4.98 Å². The molecule has 112 valence electrons. The van der Waals surface area contributed by atoms with Gasteiger partial charge in [0.25, 0.3) is 0 Å². The van der Waals surface area contributed by atoms with E-state index in [1.54, 1.807) is 6.07 Å². The van der Waals surface area contributed by atoms with Crippen molar-refractivity contribution in [3.05, 3.63) is 18.2 Å². The van der Waals surface area contributed by atoms with Gasteiger partial charge in [0.2, 0.25) is 5.95 Å². The first-order chi connectivity index (χ1) is 10.2. The molecule has 0 radical (unpaired) electrons. The summed E-state index contributed by atoms with van der Waals surface area (Å²) in [6.07, 6.45) is 2.22. The van der Waals surface area contributed by atoms with Crippen LogP contribution < -0.4 is 10.6 Å². The van der Waals surface area contributed by atoms with Crippen LogP contribution in [-0.2, 0) is 0 Å². The summed E-state index contributed by atoms with van der Waals surface area (Å²) in [7, 11) is 0. The largest absolute Gasteiger partial charge is 0.508 e. The maximum atomic E-state index is 9.87. The van der Waals surface area contributed by atoms with Crippen LogP contribution in [0.25, 0.3) is 11.4 Å². The zero-order chi connectivity index (χ0) is 14.8. The number of aromatic hydroxyl groups is 2. The molecule has 0 bridgehead atoms. The van der Waals surface area contributed by atoms with Gasteiger partial charge in [0.1, 0.15) is 11.5 Å². The molecule has 1 atom stereocenters. The first-order valence-corrected chi connectivity index (χ1v) is 7.07. The Morgan fingerprint density at radius 3 is 3.00 bits per heavy atom. The topological polar surface area (TPSA) is 111 Å². The minimum atomic E-state index is -0.0313. The lowest BCUT2D eigenvalue weighted by Gasteiger charge is -2.31. The number of nitrogens with zero attached hydrogens (tertiary/aromatic N) is 3. The van der Waals surface area contributed by atoms with Crippen molar-refractivity contribution in [3.63, 3.8) is 0 Å². The molecule has 0 spiro atoms. The van der Waals surface area contributed by atoms with E-state index in [4.69, 9.17) is 5.73 Å². The van der Waals surface area contributed by atoms with Crippen LogP contribution in [0, 0.1) is 5.92 Å². The van der Waals surface area contributed by atoms with Gasteiger partial charge < -0.3 is 20.8 Å². The number of anilines is 1. The third kappa shape index (κ3) is 2.78. The van der Waals surface area contributed by atoms with Gasteiger partial charge in [-0.3, -0.25) is 5.10 Å². The fourth-order valence-corrected chi connectivity index (χ4v) is 2.67. The number of rotatable bonds is 3. The Labute approximate surface area is 122 Å². The van der Waals surface area contributed by atoms with E-state index in [9.17, 15) is 10.2 Å². The third-order valence-corrected chi connectivity index (χ3v) is 3.85. The number of aromatic amines is 1. The van der Waals surface area contributed by atoms with Gasteiger partial charge in [-0.1, -0.05) is 0 Å². The quantitative estimate of drug-likeness (QED) is 0.672. The molecule has 0 aliphatic carbocycles. The Kier molecular flexibility index (Phi) is 3.66. The lowest BCUT2D eigenvalue weighted by molar-refractivity contribution is 0.420. The number of hydrogen-bond acceptors (Lipinski definition) is 6. The summed E-state index contributed by atoms with van der Waals surface area (Å²) in [5, 5.41) is 26.3. The molecule has 3 rings (SSSR count). The van der Waals surface area contributed by atoms with Crippen LogP contribution in [0.15, 0.2) is 18.2 Å². The number of H-pyrrole nitrogens is 1. The van der Waals surface area contributed by atoms with Crippen LogP contribution in [0.3, 0.4) is 0 Å². The van der Waals surface area contributed by atoms with E-state index >= 15 is 0 Å². The summed E-state index contributed by atoms with van der Waals surface area (Å²) >= 11 is 0. The number of hydrogen-bond donors (Lipinski definition) is 4. The van der Waals surface area contributed by atoms with E-state index in [2.05, 4.69) is 20.1 Å². The van der Waals surface area contributed by atoms with Crippen LogP contribution in [0.2, 0.25) is 0 Å². The van der Waals surface area contributed by atoms with Gasteiger partial charge in [0.15, 0.2) is 5.82 Å². The first kappa shape index (κ1) is 13.7. The van der Waals surface area contributed by atoms with Crippen molar-refractivity contribution in [3.8, 4) is 22.9 Å². The predicted molar refractivity (Wildman–Crippen MR) is 79.1 cm³/mol. The van der Waals surface area contributed by atoms with Gasteiger partial charge in [0, 0.05) is 19.2 Å². The highest BCUT2D eigenvalue weighted by atomic mass is 16.3. The van der Waals surface area contributed by atoms with Crippen molar-refractivity contribution in [1.82, 2.24) is 15.2 Å². The molecule has 1 saturated heterocycles. The molecule has 7 nitrogen and oxygen atoms in total. The summed E-state index contributed by atoms with van der Waals surface area (Å²) in [4.78, 5) is 6.55. The molecule has 1 aromatic heterocycles. The molecule has 5 N–H and O–H groups in total. The molecule has 0 saturated carbocycles. The molecule has 1 unspecified atom stereocenters. The Morgan fingerprint density at radius 1 is 1.38 bits per heavy atom. The number of nitrogens with two attached hydrogens (primary N) is 1. The number of phenolic OH excluding ortho intramolecular Hbond substituents is 2. The van der Waals surface area contributed by atoms with Crippen molar-refractivity contribution >= 4 is 5.95 Å². The van der Waals surface area contributed by atoms with Crippen molar-refractivity contribution in [2.75, 3.05) is 24.5 Å². The van der Waals surface area contributed by atoms with Crippen molar-refractivity contribution in [2.24, 2.45) is 11.7 Å².